The maximum Gasteiger partial charge on any atom is 0.168 e. The Labute approximate surface area is 111 Å². The maximum atomic E-state index is 5.79. The van der Waals surface area contributed by atoms with Crippen LogP contribution in [-0.4, -0.2) is 31.1 Å². The highest BCUT2D eigenvalue weighted by atomic mass is 16.7. The summed E-state index contributed by atoms with van der Waals surface area (Å²) < 4.78 is 11.6. The summed E-state index contributed by atoms with van der Waals surface area (Å²) in [5, 5.41) is 3.89. The predicted octanol–water partition coefficient (Wildman–Crippen LogP) is 2.98. The van der Waals surface area contributed by atoms with Gasteiger partial charge in [-0.3, -0.25) is 0 Å². The van der Waals surface area contributed by atoms with Crippen molar-refractivity contribution >= 4 is 0 Å². The Morgan fingerprint density at radius 1 is 0.722 bits per heavy atom. The minimum Gasteiger partial charge on any atom is -0.348 e. The van der Waals surface area contributed by atoms with Gasteiger partial charge in [-0.1, -0.05) is 25.7 Å². The van der Waals surface area contributed by atoms with Crippen LogP contribution >= 0.6 is 0 Å². The second kappa shape index (κ2) is 5.89. The SMILES string of the molecule is C1CCCC(NC2CCC3(CC2)OCCO3)CC1. The average Bonchev–Trinajstić information content (AvgIpc) is 2.69. The molecule has 3 nitrogen and oxygen atoms in total. The van der Waals surface area contributed by atoms with Gasteiger partial charge in [0.25, 0.3) is 0 Å². The fraction of sp³-hybridized carbons (Fsp3) is 1.00. The van der Waals surface area contributed by atoms with Gasteiger partial charge >= 0.3 is 0 Å². The van der Waals surface area contributed by atoms with Gasteiger partial charge in [-0.15, -0.1) is 0 Å². The molecule has 18 heavy (non-hydrogen) atoms. The highest BCUT2D eigenvalue weighted by molar-refractivity contribution is 4.87. The number of ether oxygens (including phenoxy) is 2. The van der Waals surface area contributed by atoms with Crippen molar-refractivity contribution in [2.75, 3.05) is 13.2 Å². The molecule has 3 heteroatoms. The molecule has 0 amide bonds. The van der Waals surface area contributed by atoms with Gasteiger partial charge in [-0.2, -0.15) is 0 Å². The zero-order chi connectivity index (χ0) is 12.3. The summed E-state index contributed by atoms with van der Waals surface area (Å²) in [5.74, 6) is -0.193. The zero-order valence-corrected chi connectivity index (χ0v) is 11.5. The van der Waals surface area contributed by atoms with E-state index in [-0.39, 0.29) is 5.79 Å². The van der Waals surface area contributed by atoms with E-state index in [1.165, 1.54) is 51.4 Å². The van der Waals surface area contributed by atoms with Crippen molar-refractivity contribution in [1.29, 1.82) is 0 Å². The number of hydrogen-bond donors (Lipinski definition) is 1. The van der Waals surface area contributed by atoms with E-state index in [2.05, 4.69) is 5.32 Å². The van der Waals surface area contributed by atoms with Crippen molar-refractivity contribution in [2.24, 2.45) is 0 Å². The van der Waals surface area contributed by atoms with Gasteiger partial charge in [0.1, 0.15) is 0 Å². The molecule has 3 fully saturated rings. The van der Waals surface area contributed by atoms with E-state index >= 15 is 0 Å². The molecule has 3 rings (SSSR count). The Balaban J connectivity index is 1.44. The first kappa shape index (κ1) is 12.9. The summed E-state index contributed by atoms with van der Waals surface area (Å²) in [7, 11) is 0. The first-order valence-electron chi connectivity index (χ1n) is 7.90. The Kier molecular flexibility index (Phi) is 4.22. The number of rotatable bonds is 2. The molecule has 104 valence electrons. The molecule has 0 bridgehead atoms. The Bertz CT molecular complexity index is 245. The lowest BCUT2D eigenvalue weighted by Gasteiger charge is -2.37. The monoisotopic (exact) mass is 253 g/mol. The van der Waals surface area contributed by atoms with Crippen LogP contribution in [-0.2, 0) is 9.47 Å². The third-order valence-corrected chi connectivity index (χ3v) is 4.89. The van der Waals surface area contributed by atoms with Crippen molar-refractivity contribution in [1.82, 2.24) is 5.32 Å². The van der Waals surface area contributed by atoms with Crippen LogP contribution in [0.25, 0.3) is 0 Å². The normalized spacial score (nSPS) is 30.7. The summed E-state index contributed by atoms with van der Waals surface area (Å²) in [4.78, 5) is 0. The van der Waals surface area contributed by atoms with Crippen LogP contribution in [0.3, 0.4) is 0 Å². The van der Waals surface area contributed by atoms with E-state index in [0.29, 0.717) is 6.04 Å². The maximum absolute atomic E-state index is 5.79. The van der Waals surface area contributed by atoms with Gasteiger partial charge in [0.15, 0.2) is 5.79 Å². The lowest BCUT2D eigenvalue weighted by atomic mass is 9.89. The van der Waals surface area contributed by atoms with Crippen molar-refractivity contribution in [3.05, 3.63) is 0 Å². The fourth-order valence-electron chi connectivity index (χ4n) is 3.79. The van der Waals surface area contributed by atoms with E-state index in [0.717, 1.165) is 32.1 Å². The van der Waals surface area contributed by atoms with Crippen LogP contribution in [0, 0.1) is 0 Å². The van der Waals surface area contributed by atoms with Gasteiger partial charge < -0.3 is 14.8 Å². The van der Waals surface area contributed by atoms with Gasteiger partial charge in [-0.05, 0) is 25.7 Å². The molecule has 0 aromatic rings. The Morgan fingerprint density at radius 3 is 1.89 bits per heavy atom. The van der Waals surface area contributed by atoms with E-state index in [1.807, 2.05) is 0 Å². The summed E-state index contributed by atoms with van der Waals surface area (Å²) in [6, 6.07) is 1.48. The molecule has 1 spiro atoms. The molecule has 2 saturated carbocycles. The lowest BCUT2D eigenvalue weighted by Crippen LogP contribution is -2.45. The highest BCUT2D eigenvalue weighted by Gasteiger charge is 2.40. The number of hydrogen-bond acceptors (Lipinski definition) is 3. The van der Waals surface area contributed by atoms with Crippen molar-refractivity contribution in [2.45, 2.75) is 82.1 Å². The highest BCUT2D eigenvalue weighted by Crippen LogP contribution is 2.36. The smallest absolute Gasteiger partial charge is 0.168 e. The third-order valence-electron chi connectivity index (χ3n) is 4.89. The molecular formula is C15H27NO2. The molecular weight excluding hydrogens is 226 g/mol. The topological polar surface area (TPSA) is 30.5 Å². The molecule has 0 unspecified atom stereocenters. The van der Waals surface area contributed by atoms with E-state index < -0.39 is 0 Å². The van der Waals surface area contributed by atoms with Gasteiger partial charge in [0, 0.05) is 24.9 Å². The summed E-state index contributed by atoms with van der Waals surface area (Å²) in [6.45, 7) is 1.58. The largest absolute Gasteiger partial charge is 0.348 e. The molecule has 0 aromatic carbocycles. The summed E-state index contributed by atoms with van der Waals surface area (Å²) >= 11 is 0. The molecule has 2 aliphatic carbocycles. The van der Waals surface area contributed by atoms with Crippen LogP contribution in [0.15, 0.2) is 0 Å². The molecule has 0 radical (unpaired) electrons. The second-order valence-electron chi connectivity index (χ2n) is 6.24. The minimum absolute atomic E-state index is 0.193. The van der Waals surface area contributed by atoms with Gasteiger partial charge in [-0.25, -0.2) is 0 Å². The van der Waals surface area contributed by atoms with Crippen molar-refractivity contribution in [3.63, 3.8) is 0 Å². The molecule has 1 saturated heterocycles. The van der Waals surface area contributed by atoms with Crippen LogP contribution in [0.5, 0.6) is 0 Å². The predicted molar refractivity (Wildman–Crippen MR) is 71.5 cm³/mol. The Morgan fingerprint density at radius 2 is 1.28 bits per heavy atom. The van der Waals surface area contributed by atoms with Gasteiger partial charge in [0.2, 0.25) is 0 Å². The van der Waals surface area contributed by atoms with Crippen LogP contribution in [0.1, 0.15) is 64.2 Å². The molecule has 1 N–H and O–H groups in total. The quantitative estimate of drug-likeness (QED) is 0.767. The molecule has 0 aromatic heterocycles. The van der Waals surface area contributed by atoms with Crippen molar-refractivity contribution in [3.8, 4) is 0 Å². The van der Waals surface area contributed by atoms with E-state index in [9.17, 15) is 0 Å². The Hall–Kier alpha value is -0.120. The van der Waals surface area contributed by atoms with Crippen molar-refractivity contribution < 1.29 is 9.47 Å². The second-order valence-corrected chi connectivity index (χ2v) is 6.24. The van der Waals surface area contributed by atoms with Crippen LogP contribution in [0.4, 0.5) is 0 Å². The molecule has 1 aliphatic heterocycles. The zero-order valence-electron chi connectivity index (χ0n) is 11.5. The molecule has 3 aliphatic rings. The standard InChI is InChI=1S/C15H27NO2/c1-2-4-6-13(5-3-1)16-14-7-9-15(10-8-14)17-11-12-18-15/h13-14,16H,1-12H2. The van der Waals surface area contributed by atoms with Crippen LogP contribution < -0.4 is 5.32 Å². The first-order chi connectivity index (χ1) is 8.86. The number of nitrogens with one attached hydrogen (secondary N) is 1. The third kappa shape index (κ3) is 3.06. The molecule has 0 atom stereocenters. The molecule has 1 heterocycles. The van der Waals surface area contributed by atoms with E-state index in [4.69, 9.17) is 9.47 Å². The lowest BCUT2D eigenvalue weighted by molar-refractivity contribution is -0.179. The first-order valence-corrected chi connectivity index (χ1v) is 7.90. The van der Waals surface area contributed by atoms with E-state index in [1.54, 1.807) is 0 Å². The fourth-order valence-corrected chi connectivity index (χ4v) is 3.79. The minimum atomic E-state index is -0.193. The summed E-state index contributed by atoms with van der Waals surface area (Å²) in [6.07, 6.45) is 13.1. The van der Waals surface area contributed by atoms with Gasteiger partial charge in [0.05, 0.1) is 13.2 Å². The average molecular weight is 253 g/mol. The van der Waals surface area contributed by atoms with Crippen LogP contribution in [0.2, 0.25) is 0 Å². The summed E-state index contributed by atoms with van der Waals surface area (Å²) in [5.41, 5.74) is 0.